The third kappa shape index (κ3) is 6.20. The Hall–Kier alpha value is -2.19. The largest absolute Gasteiger partial charge is 0.511 e. The smallest absolute Gasteiger partial charge is 0.459 e. The van der Waals surface area contributed by atoms with Crippen LogP contribution in [0.2, 0.25) is 0 Å². The fourth-order valence-corrected chi connectivity index (χ4v) is 6.05. The number of rotatable bonds is 8. The minimum absolute atomic E-state index is 0.209. The Balaban J connectivity index is 2.56. The van der Waals surface area contributed by atoms with E-state index in [-0.39, 0.29) is 4.90 Å². The van der Waals surface area contributed by atoms with Crippen molar-refractivity contribution in [3.8, 4) is 0 Å². The molecule has 1 aromatic carbocycles. The van der Waals surface area contributed by atoms with Crippen molar-refractivity contribution in [3.63, 3.8) is 0 Å². The van der Waals surface area contributed by atoms with Crippen LogP contribution in [0.5, 0.6) is 0 Å². The van der Waals surface area contributed by atoms with Crippen LogP contribution < -0.4 is 4.72 Å². The van der Waals surface area contributed by atoms with E-state index >= 15 is 0 Å². The molecule has 1 amide bonds. The molecule has 14 heteroatoms. The third-order valence-electron chi connectivity index (χ3n) is 5.76. The van der Waals surface area contributed by atoms with Gasteiger partial charge in [0.2, 0.25) is 0 Å². The number of nitrogens with zero attached hydrogens (tertiary/aromatic N) is 1. The van der Waals surface area contributed by atoms with E-state index in [4.69, 9.17) is 4.74 Å². The summed E-state index contributed by atoms with van der Waals surface area (Å²) in [7, 11) is -10.2. The Morgan fingerprint density at radius 3 is 2.08 bits per heavy atom. The second-order valence-corrected chi connectivity index (χ2v) is 13.7. The first kappa shape index (κ1) is 30.0. The fraction of sp³-hybridized carbons (Fsp3) is 0.636. The van der Waals surface area contributed by atoms with E-state index in [1.807, 2.05) is 0 Å². The number of halogens is 3. The summed E-state index contributed by atoms with van der Waals surface area (Å²) in [6.45, 7) is 8.63. The zero-order valence-electron chi connectivity index (χ0n) is 20.8. The number of carbonyl (C=O) groups is 2. The maximum absolute atomic E-state index is 13.6. The van der Waals surface area contributed by atoms with Gasteiger partial charge in [-0.05, 0) is 58.6 Å². The van der Waals surface area contributed by atoms with E-state index < -0.39 is 79.8 Å². The van der Waals surface area contributed by atoms with Crippen molar-refractivity contribution in [2.75, 3.05) is 6.54 Å². The second kappa shape index (κ2) is 9.93. The molecule has 0 spiro atoms. The number of nitrogens with one attached hydrogen (secondary N) is 1. The number of esters is 1. The number of hydrogen-bond donors (Lipinski definition) is 1. The minimum Gasteiger partial charge on any atom is -0.459 e. The van der Waals surface area contributed by atoms with Gasteiger partial charge in [0, 0.05) is 12.6 Å². The van der Waals surface area contributed by atoms with Crippen LogP contribution in [-0.2, 0) is 34.4 Å². The second-order valence-electron chi connectivity index (χ2n) is 10.2. The van der Waals surface area contributed by atoms with E-state index in [9.17, 15) is 39.6 Å². The van der Waals surface area contributed by atoms with E-state index in [0.717, 1.165) is 5.56 Å². The van der Waals surface area contributed by atoms with Gasteiger partial charge >= 0.3 is 21.5 Å². The molecule has 0 aromatic heterocycles. The summed E-state index contributed by atoms with van der Waals surface area (Å²) < 4.78 is 96.7. The first-order valence-electron chi connectivity index (χ1n) is 11.1. The number of benzene rings is 1. The lowest BCUT2D eigenvalue weighted by molar-refractivity contribution is -0.171. The predicted octanol–water partition coefficient (Wildman–Crippen LogP) is 3.10. The molecule has 0 unspecified atom stereocenters. The van der Waals surface area contributed by atoms with Gasteiger partial charge in [0.15, 0.2) is 5.41 Å². The number of carbonyl (C=O) groups excluding carboxylic acids is 2. The summed E-state index contributed by atoms with van der Waals surface area (Å²) >= 11 is 0. The maximum Gasteiger partial charge on any atom is 0.511 e. The average Bonchev–Trinajstić information content (AvgIpc) is 3.03. The lowest BCUT2D eigenvalue weighted by Crippen LogP contribution is -2.52. The molecule has 204 valence electrons. The number of aryl methyl sites for hydroxylation is 1. The van der Waals surface area contributed by atoms with Gasteiger partial charge < -0.3 is 4.74 Å². The summed E-state index contributed by atoms with van der Waals surface area (Å²) in [5, 5.41) is 0. The zero-order valence-corrected chi connectivity index (χ0v) is 22.5. The molecule has 0 bridgehead atoms. The van der Waals surface area contributed by atoms with E-state index in [2.05, 4.69) is 0 Å². The highest BCUT2D eigenvalue weighted by atomic mass is 32.2. The maximum atomic E-state index is 13.6. The van der Waals surface area contributed by atoms with Crippen molar-refractivity contribution in [2.45, 2.75) is 76.4 Å². The summed E-state index contributed by atoms with van der Waals surface area (Å²) in [4.78, 5) is 26.7. The normalized spacial score (nSPS) is 20.6. The topological polar surface area (TPSA) is 127 Å². The first-order chi connectivity index (χ1) is 16.1. The molecule has 36 heavy (non-hydrogen) atoms. The Bertz CT molecular complexity index is 1210. The molecule has 2 rings (SSSR count). The molecular formula is C22H31F3N2O7S2. The Labute approximate surface area is 209 Å². The van der Waals surface area contributed by atoms with Gasteiger partial charge in [0.25, 0.3) is 15.9 Å². The van der Waals surface area contributed by atoms with Crippen molar-refractivity contribution in [1.29, 1.82) is 0 Å². The molecule has 1 saturated heterocycles. The molecule has 2 atom stereocenters. The SMILES string of the molecule is Cc1ccc(S(=O)(=O)N2CC[C@@](C[C@@H](NS(=O)(=O)C(F)(F)F)C(C)C)(C(=O)OC(C)(C)C)C2=O)cc1. The van der Waals surface area contributed by atoms with Gasteiger partial charge in [-0.15, -0.1) is 0 Å². The molecule has 0 saturated carbocycles. The van der Waals surface area contributed by atoms with E-state index in [1.165, 1.54) is 63.6 Å². The van der Waals surface area contributed by atoms with Crippen LogP contribution in [-0.4, -0.2) is 56.7 Å². The standard InChI is InChI=1S/C22H31F3N2O7S2/c1-14(2)17(26-36(32,33)22(23,24)25)13-21(19(29)34-20(4,5)6)11-12-27(18(21)28)35(30,31)16-9-7-15(3)8-10-16/h7-10,14,17,26H,11-13H2,1-6H3/t17-,21+/m1/s1. The van der Waals surface area contributed by atoms with Crippen molar-refractivity contribution >= 4 is 31.9 Å². The summed E-state index contributed by atoms with van der Waals surface area (Å²) in [6, 6.07) is 4.10. The number of ether oxygens (including phenoxy) is 1. The molecule has 1 heterocycles. The molecule has 1 aliphatic heterocycles. The van der Waals surface area contributed by atoms with Crippen molar-refractivity contribution in [1.82, 2.24) is 9.03 Å². The fourth-order valence-electron chi connectivity index (χ4n) is 3.70. The Morgan fingerprint density at radius 1 is 1.11 bits per heavy atom. The molecule has 1 fully saturated rings. The van der Waals surface area contributed by atoms with Crippen LogP contribution >= 0.6 is 0 Å². The van der Waals surface area contributed by atoms with Crippen molar-refractivity contribution in [2.24, 2.45) is 11.3 Å². The Kier molecular flexibility index (Phi) is 8.29. The number of alkyl halides is 3. The highest BCUT2D eigenvalue weighted by molar-refractivity contribution is 7.90. The van der Waals surface area contributed by atoms with Gasteiger partial charge in [-0.1, -0.05) is 31.5 Å². The molecule has 1 aromatic rings. The van der Waals surface area contributed by atoms with Crippen molar-refractivity contribution < 1.29 is 44.3 Å². The highest BCUT2D eigenvalue weighted by Crippen LogP contribution is 2.42. The predicted molar refractivity (Wildman–Crippen MR) is 124 cm³/mol. The lowest BCUT2D eigenvalue weighted by atomic mass is 9.77. The third-order valence-corrected chi connectivity index (χ3v) is 8.78. The van der Waals surface area contributed by atoms with Crippen LogP contribution in [0.25, 0.3) is 0 Å². The zero-order chi connectivity index (χ0) is 27.9. The molecule has 1 aliphatic rings. The van der Waals surface area contributed by atoms with Crippen LogP contribution in [0, 0.1) is 18.3 Å². The van der Waals surface area contributed by atoms with Gasteiger partial charge in [-0.3, -0.25) is 9.59 Å². The summed E-state index contributed by atoms with van der Waals surface area (Å²) in [6.07, 6.45) is -1.13. The molecular weight excluding hydrogens is 525 g/mol. The number of amides is 1. The molecule has 1 N–H and O–H groups in total. The molecule has 0 radical (unpaired) electrons. The van der Waals surface area contributed by atoms with Gasteiger partial charge in [-0.2, -0.15) is 13.2 Å². The summed E-state index contributed by atoms with van der Waals surface area (Å²) in [5.74, 6) is -3.12. The lowest BCUT2D eigenvalue weighted by Gasteiger charge is -2.34. The van der Waals surface area contributed by atoms with Crippen LogP contribution in [0.1, 0.15) is 53.0 Å². The number of sulfonamides is 2. The van der Waals surface area contributed by atoms with Crippen LogP contribution in [0.4, 0.5) is 13.2 Å². The van der Waals surface area contributed by atoms with Crippen LogP contribution in [0.15, 0.2) is 29.2 Å². The summed E-state index contributed by atoms with van der Waals surface area (Å²) in [5.41, 5.74) is -8.21. The van der Waals surface area contributed by atoms with Gasteiger partial charge in [0.1, 0.15) is 5.60 Å². The van der Waals surface area contributed by atoms with Crippen LogP contribution in [0.3, 0.4) is 0 Å². The molecule has 0 aliphatic carbocycles. The minimum atomic E-state index is -5.82. The average molecular weight is 557 g/mol. The quantitative estimate of drug-likeness (QED) is 0.385. The monoisotopic (exact) mass is 556 g/mol. The van der Waals surface area contributed by atoms with Crippen molar-refractivity contribution in [3.05, 3.63) is 29.8 Å². The first-order valence-corrected chi connectivity index (χ1v) is 14.0. The van der Waals surface area contributed by atoms with E-state index in [1.54, 1.807) is 6.92 Å². The van der Waals surface area contributed by atoms with Gasteiger partial charge in [0.05, 0.1) is 4.90 Å². The molecule has 9 nitrogen and oxygen atoms in total. The highest BCUT2D eigenvalue weighted by Gasteiger charge is 2.59. The Morgan fingerprint density at radius 2 is 1.64 bits per heavy atom. The van der Waals surface area contributed by atoms with E-state index in [0.29, 0.717) is 4.31 Å². The number of hydrogen-bond acceptors (Lipinski definition) is 7. The van der Waals surface area contributed by atoms with Gasteiger partial charge in [-0.25, -0.2) is 25.9 Å².